The molecule has 2 amide bonds. The van der Waals surface area contributed by atoms with Crippen LogP contribution in [0.15, 0.2) is 69.6 Å². The number of esters is 2. The van der Waals surface area contributed by atoms with E-state index in [1.165, 1.54) is 0 Å². The first kappa shape index (κ1) is 23.3. The number of carbonyl (C=O) groups excluding carboxylic acids is 4. The van der Waals surface area contributed by atoms with Gasteiger partial charge in [0.15, 0.2) is 13.2 Å². The SMILES string of the molecule is O=C(COC(=O)C=CC(=O)OCC(=O)Nc1ccc(Br)cc1)Nc1ccc(Br)cc1. The van der Waals surface area contributed by atoms with Crippen LogP contribution in [0, 0.1) is 0 Å². The van der Waals surface area contributed by atoms with Crippen LogP contribution in [0.5, 0.6) is 0 Å². The summed E-state index contributed by atoms with van der Waals surface area (Å²) in [4.78, 5) is 46.6. The Hall–Kier alpha value is -2.98. The van der Waals surface area contributed by atoms with Crippen LogP contribution in [0.25, 0.3) is 0 Å². The third-order valence-electron chi connectivity index (χ3n) is 3.30. The molecule has 30 heavy (non-hydrogen) atoms. The van der Waals surface area contributed by atoms with Gasteiger partial charge in [-0.25, -0.2) is 9.59 Å². The van der Waals surface area contributed by atoms with Crippen LogP contribution in [0.2, 0.25) is 0 Å². The van der Waals surface area contributed by atoms with Crippen LogP contribution in [0.4, 0.5) is 11.4 Å². The number of hydrogen-bond donors (Lipinski definition) is 2. The lowest BCUT2D eigenvalue weighted by Crippen LogP contribution is -2.21. The monoisotopic (exact) mass is 538 g/mol. The lowest BCUT2D eigenvalue weighted by Gasteiger charge is -2.06. The average Bonchev–Trinajstić information content (AvgIpc) is 2.72. The first-order valence-corrected chi connectivity index (χ1v) is 10.0. The Balaban J connectivity index is 1.66. The van der Waals surface area contributed by atoms with Crippen molar-refractivity contribution in [2.75, 3.05) is 23.8 Å². The number of hydrogen-bond acceptors (Lipinski definition) is 6. The largest absolute Gasteiger partial charge is 0.452 e. The molecule has 0 saturated heterocycles. The van der Waals surface area contributed by atoms with E-state index >= 15 is 0 Å². The highest BCUT2D eigenvalue weighted by Crippen LogP contribution is 2.14. The number of amides is 2. The van der Waals surface area contributed by atoms with Crippen LogP contribution < -0.4 is 10.6 Å². The first-order valence-electron chi connectivity index (χ1n) is 8.44. The Labute approximate surface area is 188 Å². The maximum Gasteiger partial charge on any atom is 0.331 e. The Morgan fingerprint density at radius 1 is 0.667 bits per heavy atom. The molecule has 2 aromatic rings. The number of rotatable bonds is 8. The lowest BCUT2D eigenvalue weighted by molar-refractivity contribution is -0.144. The molecule has 0 atom stereocenters. The molecule has 2 N–H and O–H groups in total. The summed E-state index contributed by atoms with van der Waals surface area (Å²) in [6.45, 7) is -1.05. The Morgan fingerprint density at radius 3 is 1.33 bits per heavy atom. The van der Waals surface area contributed by atoms with E-state index in [1.54, 1.807) is 48.5 Å². The van der Waals surface area contributed by atoms with E-state index in [2.05, 4.69) is 42.5 Å². The van der Waals surface area contributed by atoms with Crippen molar-refractivity contribution < 1.29 is 28.7 Å². The zero-order chi connectivity index (χ0) is 21.9. The predicted molar refractivity (Wildman–Crippen MR) is 117 cm³/mol. The molecule has 2 rings (SSSR count). The van der Waals surface area contributed by atoms with Crippen molar-refractivity contribution in [2.24, 2.45) is 0 Å². The molecular formula is C20H16Br2N2O6. The van der Waals surface area contributed by atoms with E-state index in [0.717, 1.165) is 21.1 Å². The fourth-order valence-electron chi connectivity index (χ4n) is 1.97. The van der Waals surface area contributed by atoms with Crippen LogP contribution in [-0.4, -0.2) is 37.0 Å². The Kier molecular flexibility index (Phi) is 9.23. The standard InChI is InChI=1S/C20H16Br2N2O6/c21-13-1-5-15(6-2-13)23-17(25)11-29-19(27)9-10-20(28)30-12-18(26)24-16-7-3-14(22)4-8-16/h1-10H,11-12H2,(H,23,25)(H,24,26). The maximum absolute atomic E-state index is 11.7. The molecule has 0 unspecified atom stereocenters. The van der Waals surface area contributed by atoms with Crippen molar-refractivity contribution >= 4 is 67.0 Å². The molecule has 0 heterocycles. The number of halogens is 2. The maximum atomic E-state index is 11.7. The van der Waals surface area contributed by atoms with Gasteiger partial charge in [0.1, 0.15) is 0 Å². The van der Waals surface area contributed by atoms with Gasteiger partial charge in [-0.05, 0) is 48.5 Å². The molecule has 2 aromatic carbocycles. The van der Waals surface area contributed by atoms with Crippen molar-refractivity contribution in [1.82, 2.24) is 0 Å². The summed E-state index contributed by atoms with van der Waals surface area (Å²) in [5, 5.41) is 5.09. The topological polar surface area (TPSA) is 111 Å². The summed E-state index contributed by atoms with van der Waals surface area (Å²) in [7, 11) is 0. The fraction of sp³-hybridized carbons (Fsp3) is 0.100. The van der Waals surface area contributed by atoms with E-state index in [1.807, 2.05) is 0 Å². The van der Waals surface area contributed by atoms with Gasteiger partial charge in [0.2, 0.25) is 0 Å². The van der Waals surface area contributed by atoms with Gasteiger partial charge < -0.3 is 20.1 Å². The molecule has 0 saturated carbocycles. The number of anilines is 2. The molecule has 156 valence electrons. The predicted octanol–water partition coefficient (Wildman–Crippen LogP) is 3.43. The molecule has 0 bridgehead atoms. The molecule has 0 aromatic heterocycles. The van der Waals surface area contributed by atoms with Crippen molar-refractivity contribution in [2.45, 2.75) is 0 Å². The van der Waals surface area contributed by atoms with Gasteiger partial charge in [-0.15, -0.1) is 0 Å². The Morgan fingerprint density at radius 2 is 1.00 bits per heavy atom. The minimum absolute atomic E-state index is 0.524. The van der Waals surface area contributed by atoms with E-state index in [4.69, 9.17) is 9.47 Å². The van der Waals surface area contributed by atoms with Crippen LogP contribution in [0.3, 0.4) is 0 Å². The van der Waals surface area contributed by atoms with Crippen molar-refractivity contribution in [1.29, 1.82) is 0 Å². The van der Waals surface area contributed by atoms with E-state index in [0.29, 0.717) is 11.4 Å². The summed E-state index contributed by atoms with van der Waals surface area (Å²) in [5.41, 5.74) is 1.08. The van der Waals surface area contributed by atoms with Gasteiger partial charge >= 0.3 is 11.9 Å². The summed E-state index contributed by atoms with van der Waals surface area (Å²) < 4.78 is 11.2. The van der Waals surface area contributed by atoms with Crippen molar-refractivity contribution in [3.63, 3.8) is 0 Å². The quantitative estimate of drug-likeness (QED) is 0.393. The van der Waals surface area contributed by atoms with Gasteiger partial charge in [-0.1, -0.05) is 31.9 Å². The zero-order valence-corrected chi connectivity index (χ0v) is 18.6. The average molecular weight is 540 g/mol. The smallest absolute Gasteiger partial charge is 0.331 e. The van der Waals surface area contributed by atoms with Crippen LogP contribution >= 0.6 is 31.9 Å². The minimum Gasteiger partial charge on any atom is -0.452 e. The van der Waals surface area contributed by atoms with Gasteiger partial charge in [-0.3, -0.25) is 9.59 Å². The Bertz CT molecular complexity index is 865. The molecule has 0 aliphatic heterocycles. The van der Waals surface area contributed by atoms with Gasteiger partial charge in [0.25, 0.3) is 11.8 Å². The number of benzene rings is 2. The summed E-state index contributed by atoms with van der Waals surface area (Å²) in [6, 6.07) is 13.7. The first-order chi connectivity index (χ1) is 14.3. The normalized spacial score (nSPS) is 10.3. The molecular weight excluding hydrogens is 524 g/mol. The minimum atomic E-state index is -0.905. The van der Waals surface area contributed by atoms with Gasteiger partial charge in [0.05, 0.1) is 0 Å². The van der Waals surface area contributed by atoms with Crippen molar-refractivity contribution in [3.05, 3.63) is 69.6 Å². The second-order valence-electron chi connectivity index (χ2n) is 5.66. The molecule has 10 heteroatoms. The van der Waals surface area contributed by atoms with E-state index < -0.39 is 37.0 Å². The van der Waals surface area contributed by atoms with Crippen LogP contribution in [0.1, 0.15) is 0 Å². The molecule has 8 nitrogen and oxygen atoms in total. The molecule has 0 radical (unpaired) electrons. The fourth-order valence-corrected chi connectivity index (χ4v) is 2.49. The van der Waals surface area contributed by atoms with E-state index in [-0.39, 0.29) is 0 Å². The van der Waals surface area contributed by atoms with Crippen LogP contribution in [-0.2, 0) is 28.7 Å². The zero-order valence-electron chi connectivity index (χ0n) is 15.4. The summed E-state index contributed by atoms with van der Waals surface area (Å²) in [5.74, 6) is -2.88. The second-order valence-corrected chi connectivity index (χ2v) is 7.49. The highest BCUT2D eigenvalue weighted by atomic mass is 79.9. The number of nitrogens with one attached hydrogen (secondary N) is 2. The summed E-state index contributed by atoms with van der Waals surface area (Å²) in [6.07, 6.45) is 1.61. The third-order valence-corrected chi connectivity index (χ3v) is 4.36. The number of carbonyl (C=O) groups is 4. The van der Waals surface area contributed by atoms with Crippen molar-refractivity contribution in [3.8, 4) is 0 Å². The second kappa shape index (κ2) is 11.9. The molecule has 0 spiro atoms. The third kappa shape index (κ3) is 9.01. The summed E-state index contributed by atoms with van der Waals surface area (Å²) >= 11 is 6.55. The molecule has 0 fully saturated rings. The molecule has 0 aliphatic carbocycles. The molecule has 0 aliphatic rings. The lowest BCUT2D eigenvalue weighted by atomic mass is 10.3. The highest BCUT2D eigenvalue weighted by Gasteiger charge is 2.08. The number of ether oxygens (including phenoxy) is 2. The van der Waals surface area contributed by atoms with Gasteiger partial charge in [0, 0.05) is 32.5 Å². The highest BCUT2D eigenvalue weighted by molar-refractivity contribution is 9.10. The van der Waals surface area contributed by atoms with Gasteiger partial charge in [-0.2, -0.15) is 0 Å². The van der Waals surface area contributed by atoms with E-state index in [9.17, 15) is 19.2 Å².